The molecule has 0 N–H and O–H groups in total. The number of carbonyl (C=O) groups is 1. The van der Waals surface area contributed by atoms with E-state index in [0.717, 1.165) is 11.1 Å². The Bertz CT molecular complexity index is 1220. The molecule has 1 aromatic heterocycles. The number of esters is 1. The molecule has 0 bridgehead atoms. The van der Waals surface area contributed by atoms with Crippen LogP contribution >= 0.6 is 11.6 Å². The second-order valence-electron chi connectivity index (χ2n) is 8.58. The van der Waals surface area contributed by atoms with Crippen LogP contribution in [0.5, 0.6) is 5.75 Å². The molecule has 1 aliphatic rings. The molecule has 0 unspecified atom stereocenters. The van der Waals surface area contributed by atoms with E-state index in [4.69, 9.17) is 25.8 Å². The van der Waals surface area contributed by atoms with Gasteiger partial charge in [-0.25, -0.2) is 4.39 Å². The number of aromatic nitrogens is 3. The maximum atomic E-state index is 15.2. The third-order valence-corrected chi connectivity index (χ3v) is 6.04. The third-order valence-electron chi connectivity index (χ3n) is 5.81. The lowest BCUT2D eigenvalue weighted by molar-refractivity contribution is -0.147. The van der Waals surface area contributed by atoms with Gasteiger partial charge in [0.05, 0.1) is 25.8 Å². The average Bonchev–Trinajstić information content (AvgIpc) is 3.18. The number of hydrogen-bond donors (Lipinski definition) is 0. The lowest BCUT2D eigenvalue weighted by atomic mass is 9.95. The normalized spacial score (nSPS) is 17.5. The predicted octanol–water partition coefficient (Wildman–Crippen LogP) is 5.56. The molecule has 0 amide bonds. The summed E-state index contributed by atoms with van der Waals surface area (Å²) in [5, 5.41) is 8.89. The van der Waals surface area contributed by atoms with Crippen molar-refractivity contribution in [3.63, 3.8) is 0 Å². The number of benzene rings is 2. The zero-order valence-electron chi connectivity index (χ0n) is 19.8. The molecule has 0 radical (unpaired) electrons. The van der Waals surface area contributed by atoms with Crippen molar-refractivity contribution in [2.24, 2.45) is 0 Å². The molecule has 7 nitrogen and oxygen atoms in total. The summed E-state index contributed by atoms with van der Waals surface area (Å²) in [6.45, 7) is 6.72. The van der Waals surface area contributed by atoms with Gasteiger partial charge in [-0.2, -0.15) is 0 Å². The lowest BCUT2D eigenvalue weighted by Gasteiger charge is -2.24. The third kappa shape index (κ3) is 4.40. The van der Waals surface area contributed by atoms with Crippen molar-refractivity contribution in [2.75, 3.05) is 13.7 Å². The topological polar surface area (TPSA) is 75.5 Å². The van der Waals surface area contributed by atoms with Gasteiger partial charge in [0.25, 0.3) is 0 Å². The highest BCUT2D eigenvalue weighted by atomic mass is 35.5. The molecule has 2 aromatic carbocycles. The first-order valence-electron chi connectivity index (χ1n) is 11.0. The zero-order valence-corrected chi connectivity index (χ0v) is 20.5. The van der Waals surface area contributed by atoms with Crippen molar-refractivity contribution in [3.05, 3.63) is 69.8 Å². The Kier molecular flexibility index (Phi) is 6.64. The maximum Gasteiger partial charge on any atom is 0.308 e. The molecule has 2 atom stereocenters. The fourth-order valence-electron chi connectivity index (χ4n) is 4.25. The van der Waals surface area contributed by atoms with Gasteiger partial charge in [-0.3, -0.25) is 9.36 Å². The molecule has 2 heterocycles. The summed E-state index contributed by atoms with van der Waals surface area (Å²) in [5.41, 5.74) is 1.23. The molecule has 3 aromatic rings. The highest BCUT2D eigenvalue weighted by molar-refractivity contribution is 6.30. The van der Waals surface area contributed by atoms with Gasteiger partial charge in [0.1, 0.15) is 18.0 Å². The van der Waals surface area contributed by atoms with Crippen LogP contribution in [0.25, 0.3) is 5.69 Å². The summed E-state index contributed by atoms with van der Waals surface area (Å²) in [6.07, 6.45) is -1.59. The first-order valence-corrected chi connectivity index (χ1v) is 11.4. The molecule has 34 heavy (non-hydrogen) atoms. The number of methoxy groups -OCH3 is 1. The maximum absolute atomic E-state index is 15.2. The molecule has 0 fully saturated rings. The van der Waals surface area contributed by atoms with Crippen LogP contribution in [0.2, 0.25) is 5.02 Å². The predicted molar refractivity (Wildman–Crippen MR) is 125 cm³/mol. The summed E-state index contributed by atoms with van der Waals surface area (Å²) < 4.78 is 34.1. The smallest absolute Gasteiger partial charge is 0.308 e. The van der Waals surface area contributed by atoms with E-state index >= 15 is 4.39 Å². The number of fused-ring (bicyclic) bond motifs is 3. The summed E-state index contributed by atoms with van der Waals surface area (Å²) in [4.78, 5) is 12.5. The number of hydrogen-bond acceptors (Lipinski definition) is 6. The Hall–Kier alpha value is -2.97. The van der Waals surface area contributed by atoms with Crippen LogP contribution in [0.1, 0.15) is 67.7 Å². The zero-order chi connectivity index (χ0) is 24.6. The van der Waals surface area contributed by atoms with E-state index in [1.165, 1.54) is 13.8 Å². The highest BCUT2D eigenvalue weighted by Crippen LogP contribution is 2.44. The molecule has 0 saturated carbocycles. The first-order chi connectivity index (χ1) is 16.2. The Morgan fingerprint density at radius 1 is 1.24 bits per heavy atom. The van der Waals surface area contributed by atoms with Crippen LogP contribution in [0.3, 0.4) is 0 Å². The van der Waals surface area contributed by atoms with Crippen LogP contribution in [0.4, 0.5) is 4.39 Å². The van der Waals surface area contributed by atoms with E-state index in [0.29, 0.717) is 27.8 Å². The Balaban J connectivity index is 1.98. The monoisotopic (exact) mass is 487 g/mol. The van der Waals surface area contributed by atoms with Crippen molar-refractivity contribution in [1.82, 2.24) is 14.8 Å². The minimum absolute atomic E-state index is 0.103. The van der Waals surface area contributed by atoms with E-state index in [2.05, 4.69) is 10.2 Å². The van der Waals surface area contributed by atoms with Gasteiger partial charge in [-0.05, 0) is 63.1 Å². The van der Waals surface area contributed by atoms with Crippen LogP contribution in [0.15, 0.2) is 36.4 Å². The summed E-state index contributed by atoms with van der Waals surface area (Å²) in [6, 6.07) is 11.0. The molecule has 180 valence electrons. The Morgan fingerprint density at radius 2 is 2.00 bits per heavy atom. The number of rotatable bonds is 6. The standard InChI is InChI=1S/C25H27ClFN3O4/c1-6-33-21(31)13-20-23-28-29-24(25(3,4)27)30(23)18-11-10-15(26)12-17(18)22(34-20)16-8-7-9-19(32-5)14(16)2/h7-12,20,22H,6,13H2,1-5H3/t20-,22-/m0/s1. The first kappa shape index (κ1) is 24.2. The fraction of sp³-hybridized carbons (Fsp3) is 0.400. The molecule has 0 spiro atoms. The molecule has 0 aliphatic carbocycles. The van der Waals surface area contributed by atoms with Gasteiger partial charge < -0.3 is 14.2 Å². The average molecular weight is 488 g/mol. The molecular formula is C25H27ClFN3O4. The molecular weight excluding hydrogens is 461 g/mol. The molecule has 1 aliphatic heterocycles. The van der Waals surface area contributed by atoms with Gasteiger partial charge in [-0.15, -0.1) is 10.2 Å². The number of ether oxygens (including phenoxy) is 3. The van der Waals surface area contributed by atoms with Crippen LogP contribution in [-0.2, 0) is 19.9 Å². The molecule has 4 rings (SSSR count). The summed E-state index contributed by atoms with van der Waals surface area (Å²) in [5.74, 6) is 0.668. The van der Waals surface area contributed by atoms with Gasteiger partial charge in [0.2, 0.25) is 0 Å². The highest BCUT2D eigenvalue weighted by Gasteiger charge is 2.39. The molecule has 9 heteroatoms. The summed E-state index contributed by atoms with van der Waals surface area (Å²) >= 11 is 6.40. The number of halogens is 2. The quantitative estimate of drug-likeness (QED) is 0.424. The van der Waals surface area contributed by atoms with Crippen LogP contribution in [-0.4, -0.2) is 34.5 Å². The Labute approximate surface area is 202 Å². The minimum atomic E-state index is -1.80. The van der Waals surface area contributed by atoms with Gasteiger partial charge in [0.15, 0.2) is 17.3 Å². The van der Waals surface area contributed by atoms with Crippen molar-refractivity contribution < 1.29 is 23.4 Å². The second-order valence-corrected chi connectivity index (χ2v) is 9.02. The van der Waals surface area contributed by atoms with E-state index in [9.17, 15) is 4.79 Å². The van der Waals surface area contributed by atoms with Crippen molar-refractivity contribution in [1.29, 1.82) is 0 Å². The van der Waals surface area contributed by atoms with E-state index in [1.807, 2.05) is 25.1 Å². The van der Waals surface area contributed by atoms with Gasteiger partial charge >= 0.3 is 5.97 Å². The summed E-state index contributed by atoms with van der Waals surface area (Å²) in [7, 11) is 1.60. The number of carbonyl (C=O) groups excluding carboxylic acids is 1. The second kappa shape index (κ2) is 9.35. The van der Waals surface area contributed by atoms with E-state index in [-0.39, 0.29) is 18.9 Å². The van der Waals surface area contributed by atoms with Crippen LogP contribution < -0.4 is 4.74 Å². The Morgan fingerprint density at radius 3 is 2.68 bits per heavy atom. The number of alkyl halides is 1. The molecule has 0 saturated heterocycles. The van der Waals surface area contributed by atoms with E-state index in [1.54, 1.807) is 36.8 Å². The van der Waals surface area contributed by atoms with Crippen molar-refractivity contribution >= 4 is 17.6 Å². The van der Waals surface area contributed by atoms with Crippen molar-refractivity contribution in [3.8, 4) is 11.4 Å². The fourth-order valence-corrected chi connectivity index (χ4v) is 4.43. The van der Waals surface area contributed by atoms with Crippen LogP contribution in [0, 0.1) is 6.92 Å². The minimum Gasteiger partial charge on any atom is -0.496 e. The van der Waals surface area contributed by atoms with Gasteiger partial charge in [-0.1, -0.05) is 23.7 Å². The van der Waals surface area contributed by atoms with Crippen molar-refractivity contribution in [2.45, 2.75) is 52.0 Å². The number of nitrogens with zero attached hydrogens (tertiary/aromatic N) is 3. The lowest BCUT2D eigenvalue weighted by Crippen LogP contribution is -2.19. The van der Waals surface area contributed by atoms with E-state index < -0.39 is 23.8 Å². The van der Waals surface area contributed by atoms with Gasteiger partial charge in [0, 0.05) is 10.6 Å². The SMILES string of the molecule is CCOC(=O)C[C@@H]1O[C@@H](c2cccc(OC)c2C)c2cc(Cl)ccc2-n2c1nnc2C(C)(C)F. The largest absolute Gasteiger partial charge is 0.496 e.